The molecule has 1 aliphatic heterocycles. The molecule has 0 saturated carbocycles. The van der Waals surface area contributed by atoms with Crippen molar-refractivity contribution in [3.63, 3.8) is 0 Å². The van der Waals surface area contributed by atoms with Gasteiger partial charge in [-0.2, -0.15) is 0 Å². The summed E-state index contributed by atoms with van der Waals surface area (Å²) >= 11 is 0. The number of benzene rings is 2. The summed E-state index contributed by atoms with van der Waals surface area (Å²) in [5.74, 6) is 1.56. The predicted molar refractivity (Wildman–Crippen MR) is 126 cm³/mol. The first-order valence-corrected chi connectivity index (χ1v) is 11.2. The molecule has 35 heavy (non-hydrogen) atoms. The van der Waals surface area contributed by atoms with Crippen molar-refractivity contribution >= 4 is 10.9 Å². The van der Waals surface area contributed by atoms with Gasteiger partial charge in [-0.3, -0.25) is 14.3 Å². The Hall–Kier alpha value is -3.76. The number of halogens is 1. The van der Waals surface area contributed by atoms with Crippen LogP contribution in [0, 0.1) is 5.82 Å². The average molecular weight is 480 g/mol. The fourth-order valence-corrected chi connectivity index (χ4v) is 4.10. The molecule has 3 heterocycles. The van der Waals surface area contributed by atoms with E-state index in [0.29, 0.717) is 65.1 Å². The topological polar surface area (TPSA) is 91.9 Å². The summed E-state index contributed by atoms with van der Waals surface area (Å²) in [7, 11) is 3.07. The molecule has 2 aromatic heterocycles. The lowest BCUT2D eigenvalue weighted by atomic mass is 10.2. The minimum atomic E-state index is -0.339. The van der Waals surface area contributed by atoms with Gasteiger partial charge in [-0.25, -0.2) is 14.4 Å². The number of oxazole rings is 1. The van der Waals surface area contributed by atoms with Crippen molar-refractivity contribution in [2.24, 2.45) is 0 Å². The van der Waals surface area contributed by atoms with Crippen LogP contribution in [0.25, 0.3) is 22.4 Å². The molecule has 0 radical (unpaired) electrons. The van der Waals surface area contributed by atoms with Gasteiger partial charge in [0.2, 0.25) is 5.89 Å². The third-order valence-electron chi connectivity index (χ3n) is 5.97. The number of fused-ring (bicyclic) bond motifs is 1. The van der Waals surface area contributed by atoms with Crippen molar-refractivity contribution in [3.05, 3.63) is 70.4 Å². The lowest BCUT2D eigenvalue weighted by molar-refractivity contribution is 0.0325. The molecule has 0 bridgehead atoms. The number of rotatable bonds is 7. The van der Waals surface area contributed by atoms with Gasteiger partial charge in [0.1, 0.15) is 17.9 Å². The van der Waals surface area contributed by atoms with Gasteiger partial charge in [-0.15, -0.1) is 0 Å². The Labute approximate surface area is 200 Å². The second kappa shape index (κ2) is 9.85. The molecule has 0 aliphatic carbocycles. The maximum absolute atomic E-state index is 13.7. The van der Waals surface area contributed by atoms with Gasteiger partial charge in [0, 0.05) is 24.7 Å². The Morgan fingerprint density at radius 1 is 1.00 bits per heavy atom. The summed E-state index contributed by atoms with van der Waals surface area (Å²) in [4.78, 5) is 25.2. The van der Waals surface area contributed by atoms with Crippen molar-refractivity contribution in [1.29, 1.82) is 0 Å². The van der Waals surface area contributed by atoms with Crippen LogP contribution in [0.15, 0.2) is 51.9 Å². The van der Waals surface area contributed by atoms with Crippen LogP contribution in [0.2, 0.25) is 0 Å². The molecule has 0 N–H and O–H groups in total. The number of hydrogen-bond acceptors (Lipinski definition) is 8. The van der Waals surface area contributed by atoms with Gasteiger partial charge in [0.25, 0.3) is 5.56 Å². The monoisotopic (exact) mass is 480 g/mol. The Morgan fingerprint density at radius 2 is 1.71 bits per heavy atom. The number of hydrogen-bond donors (Lipinski definition) is 0. The Balaban J connectivity index is 1.56. The Morgan fingerprint density at radius 3 is 2.43 bits per heavy atom. The highest BCUT2D eigenvalue weighted by Gasteiger charge is 2.20. The largest absolute Gasteiger partial charge is 0.493 e. The van der Waals surface area contributed by atoms with Crippen LogP contribution in [-0.4, -0.2) is 60.0 Å². The maximum atomic E-state index is 13.7. The maximum Gasteiger partial charge on any atom is 0.261 e. The number of morpholine rings is 1. The zero-order valence-electron chi connectivity index (χ0n) is 19.5. The molecule has 5 rings (SSSR count). The predicted octanol–water partition coefficient (Wildman–Crippen LogP) is 3.09. The van der Waals surface area contributed by atoms with Crippen molar-refractivity contribution < 1.29 is 23.0 Å². The molecule has 2 aromatic carbocycles. The van der Waals surface area contributed by atoms with Gasteiger partial charge in [-0.05, 0) is 30.3 Å². The first kappa shape index (κ1) is 23.0. The van der Waals surface area contributed by atoms with Gasteiger partial charge >= 0.3 is 0 Å². The second-order valence-electron chi connectivity index (χ2n) is 8.18. The summed E-state index contributed by atoms with van der Waals surface area (Å²) < 4.78 is 36.8. The van der Waals surface area contributed by atoms with Crippen LogP contribution < -0.4 is 15.0 Å². The molecule has 182 valence electrons. The van der Waals surface area contributed by atoms with E-state index < -0.39 is 0 Å². The molecule has 9 nitrogen and oxygen atoms in total. The standard InChI is InChI=1S/C25H25FN4O5/c1-32-21-11-19-20(12-22(21)33-2)28-23(14-29-7-9-34-10-8-29)30(25(19)31)13-18-15-35-24(27-18)16-3-5-17(26)6-4-16/h3-6,11-12,15H,7-10,13-14H2,1-2H3. The van der Waals surface area contributed by atoms with E-state index in [2.05, 4.69) is 9.88 Å². The molecule has 4 aromatic rings. The molecule has 1 aliphatic rings. The summed E-state index contributed by atoms with van der Waals surface area (Å²) in [5, 5.41) is 0.413. The van der Waals surface area contributed by atoms with Crippen molar-refractivity contribution in [2.75, 3.05) is 40.5 Å². The highest BCUT2D eigenvalue weighted by atomic mass is 19.1. The van der Waals surface area contributed by atoms with Crippen LogP contribution in [0.4, 0.5) is 4.39 Å². The van der Waals surface area contributed by atoms with Crippen LogP contribution in [-0.2, 0) is 17.8 Å². The molecule has 0 atom stereocenters. The van der Waals surface area contributed by atoms with Gasteiger partial charge in [0.05, 0.1) is 57.1 Å². The van der Waals surface area contributed by atoms with Crippen LogP contribution in [0.1, 0.15) is 11.5 Å². The zero-order chi connectivity index (χ0) is 24.4. The molecule has 1 fully saturated rings. The smallest absolute Gasteiger partial charge is 0.261 e. The first-order valence-electron chi connectivity index (χ1n) is 11.2. The van der Waals surface area contributed by atoms with E-state index >= 15 is 0 Å². The Bertz CT molecular complexity index is 1390. The van der Waals surface area contributed by atoms with Crippen LogP contribution in [0.3, 0.4) is 0 Å². The SMILES string of the molecule is COc1cc2nc(CN3CCOCC3)n(Cc3coc(-c4ccc(F)cc4)n3)c(=O)c2cc1OC. The fourth-order valence-electron chi connectivity index (χ4n) is 4.10. The zero-order valence-corrected chi connectivity index (χ0v) is 19.5. The molecule has 0 amide bonds. The minimum Gasteiger partial charge on any atom is -0.493 e. The summed E-state index contributed by atoms with van der Waals surface area (Å²) in [6.45, 7) is 3.41. The van der Waals surface area contributed by atoms with E-state index in [-0.39, 0.29) is 17.9 Å². The first-order chi connectivity index (χ1) is 17.1. The van der Waals surface area contributed by atoms with Crippen molar-refractivity contribution in [3.8, 4) is 23.0 Å². The fraction of sp³-hybridized carbons (Fsp3) is 0.320. The van der Waals surface area contributed by atoms with E-state index in [0.717, 1.165) is 13.1 Å². The van der Waals surface area contributed by atoms with E-state index in [1.807, 2.05) is 0 Å². The van der Waals surface area contributed by atoms with Gasteiger partial charge < -0.3 is 18.6 Å². The minimum absolute atomic E-state index is 0.167. The average Bonchev–Trinajstić information content (AvgIpc) is 3.35. The number of aromatic nitrogens is 3. The molecule has 0 unspecified atom stereocenters. The summed E-state index contributed by atoms with van der Waals surface area (Å²) in [6.07, 6.45) is 1.50. The van der Waals surface area contributed by atoms with Crippen molar-refractivity contribution in [1.82, 2.24) is 19.4 Å². The number of ether oxygens (including phenoxy) is 3. The number of methoxy groups -OCH3 is 2. The summed E-state index contributed by atoms with van der Waals surface area (Å²) in [5.41, 5.74) is 1.51. The van der Waals surface area contributed by atoms with Gasteiger partial charge in [-0.1, -0.05) is 0 Å². The third kappa shape index (κ3) is 4.75. The lowest BCUT2D eigenvalue weighted by Gasteiger charge is -2.27. The summed E-state index contributed by atoms with van der Waals surface area (Å²) in [6, 6.07) is 9.24. The molecule has 10 heteroatoms. The highest BCUT2D eigenvalue weighted by Crippen LogP contribution is 2.30. The van der Waals surface area contributed by atoms with E-state index in [4.69, 9.17) is 23.6 Å². The van der Waals surface area contributed by atoms with Gasteiger partial charge in [0.15, 0.2) is 11.5 Å². The Kier molecular flexibility index (Phi) is 6.47. The number of nitrogens with zero attached hydrogens (tertiary/aromatic N) is 4. The lowest BCUT2D eigenvalue weighted by Crippen LogP contribution is -2.38. The quantitative estimate of drug-likeness (QED) is 0.399. The van der Waals surface area contributed by atoms with Crippen molar-refractivity contribution in [2.45, 2.75) is 13.1 Å². The third-order valence-corrected chi connectivity index (χ3v) is 5.97. The normalized spacial score (nSPS) is 14.4. The molecular formula is C25H25FN4O5. The molecule has 0 spiro atoms. The van der Waals surface area contributed by atoms with Crippen LogP contribution in [0.5, 0.6) is 11.5 Å². The molecular weight excluding hydrogens is 455 g/mol. The highest BCUT2D eigenvalue weighted by molar-refractivity contribution is 5.82. The van der Waals surface area contributed by atoms with Crippen LogP contribution >= 0.6 is 0 Å². The molecule has 1 saturated heterocycles. The van der Waals surface area contributed by atoms with E-state index in [9.17, 15) is 9.18 Å². The van der Waals surface area contributed by atoms with E-state index in [1.165, 1.54) is 25.5 Å². The van der Waals surface area contributed by atoms with E-state index in [1.54, 1.807) is 35.9 Å². The second-order valence-corrected chi connectivity index (χ2v) is 8.18.